The minimum absolute atomic E-state index is 0.228. The van der Waals surface area contributed by atoms with Gasteiger partial charge in [-0.3, -0.25) is 0 Å². The molecule has 150 valence electrons. The van der Waals surface area contributed by atoms with E-state index < -0.39 is 12.1 Å². The van der Waals surface area contributed by atoms with Gasteiger partial charge in [0.1, 0.15) is 12.4 Å². The van der Waals surface area contributed by atoms with Crippen LogP contribution in [0.5, 0.6) is 5.75 Å². The van der Waals surface area contributed by atoms with Crippen molar-refractivity contribution >= 4 is 23.4 Å². The third kappa shape index (κ3) is 5.00. The molecule has 28 heavy (non-hydrogen) atoms. The van der Waals surface area contributed by atoms with Crippen LogP contribution in [0.25, 0.3) is 0 Å². The summed E-state index contributed by atoms with van der Waals surface area (Å²) in [6.07, 6.45) is -0.839. The third-order valence-corrected chi connectivity index (χ3v) is 5.95. The Morgan fingerprint density at radius 3 is 2.68 bits per heavy atom. The van der Waals surface area contributed by atoms with Crippen LogP contribution in [-0.2, 0) is 9.53 Å². The second-order valence-corrected chi connectivity index (χ2v) is 7.86. The Bertz CT molecular complexity index is 780. The molecule has 0 bridgehead atoms. The minimum atomic E-state index is -0.936. The van der Waals surface area contributed by atoms with Gasteiger partial charge >= 0.3 is 5.97 Å². The lowest BCUT2D eigenvalue weighted by atomic mass is 9.95. The summed E-state index contributed by atoms with van der Waals surface area (Å²) in [7, 11) is 0. The highest BCUT2D eigenvalue weighted by molar-refractivity contribution is 7.99. The van der Waals surface area contributed by atoms with Gasteiger partial charge in [-0.1, -0.05) is 31.2 Å². The zero-order valence-corrected chi connectivity index (χ0v) is 17.2. The smallest absolute Gasteiger partial charge is 0.333 e. The number of carboxylic acid groups (broad SMARTS) is 1. The van der Waals surface area contributed by atoms with Crippen LogP contribution in [-0.4, -0.2) is 49.2 Å². The molecule has 2 unspecified atom stereocenters. The number of hydrogen-bond acceptors (Lipinski definition) is 5. The predicted molar refractivity (Wildman–Crippen MR) is 113 cm³/mol. The molecule has 2 atom stereocenters. The molecule has 2 aromatic carbocycles. The van der Waals surface area contributed by atoms with E-state index in [1.165, 1.54) is 10.6 Å². The summed E-state index contributed by atoms with van der Waals surface area (Å²) in [5.41, 5.74) is 2.21. The van der Waals surface area contributed by atoms with Crippen LogP contribution in [0.1, 0.15) is 25.3 Å². The molecule has 0 saturated heterocycles. The molecule has 2 aromatic rings. The van der Waals surface area contributed by atoms with E-state index in [-0.39, 0.29) is 5.92 Å². The lowest BCUT2D eigenvalue weighted by molar-refractivity contribution is -0.151. The van der Waals surface area contributed by atoms with Gasteiger partial charge in [-0.15, -0.1) is 11.8 Å². The number of ether oxygens (including phenoxy) is 2. The minimum Gasteiger partial charge on any atom is -0.492 e. The number of nitrogens with zero attached hydrogens (tertiary/aromatic N) is 1. The van der Waals surface area contributed by atoms with E-state index in [0.29, 0.717) is 13.2 Å². The van der Waals surface area contributed by atoms with Crippen molar-refractivity contribution in [2.75, 3.05) is 37.0 Å². The highest BCUT2D eigenvalue weighted by Crippen LogP contribution is 2.34. The highest BCUT2D eigenvalue weighted by atomic mass is 32.2. The number of carboxylic acids is 1. The largest absolute Gasteiger partial charge is 0.492 e. The molecule has 5 nitrogen and oxygen atoms in total. The van der Waals surface area contributed by atoms with Crippen LogP contribution < -0.4 is 9.64 Å². The van der Waals surface area contributed by atoms with Crippen LogP contribution >= 0.6 is 11.8 Å². The number of benzene rings is 2. The number of fused-ring (bicyclic) bond motifs is 1. The summed E-state index contributed by atoms with van der Waals surface area (Å²) in [5, 5.41) is 9.34. The summed E-state index contributed by atoms with van der Waals surface area (Å²) >= 11 is 1.90. The summed E-state index contributed by atoms with van der Waals surface area (Å²) in [6.45, 7) is 6.51. The highest BCUT2D eigenvalue weighted by Gasteiger charge is 2.26. The second-order valence-electron chi connectivity index (χ2n) is 6.72. The molecule has 1 aliphatic rings. The van der Waals surface area contributed by atoms with Gasteiger partial charge in [-0.2, -0.15) is 0 Å². The fraction of sp³-hybridized carbons (Fsp3) is 0.409. The number of rotatable bonds is 9. The molecule has 6 heteroatoms. The first kappa shape index (κ1) is 20.6. The Morgan fingerprint density at radius 1 is 1.21 bits per heavy atom. The standard InChI is InChI=1S/C22H27NO4S/c1-3-26-21(22(24)25)16(2)17-8-10-18(11-9-17)27-14-12-23-13-15-28-20-7-5-4-6-19(20)23/h4-11,16,21H,3,12-15H2,1-2H3,(H,24,25). The maximum absolute atomic E-state index is 11.4. The lowest BCUT2D eigenvalue weighted by Gasteiger charge is -2.30. The van der Waals surface area contributed by atoms with Gasteiger partial charge in [0.25, 0.3) is 0 Å². The molecule has 1 N–H and O–H groups in total. The fourth-order valence-corrected chi connectivity index (χ4v) is 4.44. The summed E-state index contributed by atoms with van der Waals surface area (Å²) in [4.78, 5) is 15.1. The lowest BCUT2D eigenvalue weighted by Crippen LogP contribution is -2.33. The Kier molecular flexibility index (Phi) is 7.23. The molecule has 0 aromatic heterocycles. The SMILES string of the molecule is CCOC(C(=O)O)C(C)c1ccc(OCCN2CCSc3ccccc32)cc1. The molecular formula is C22H27NO4S. The summed E-state index contributed by atoms with van der Waals surface area (Å²) in [5.74, 6) is 0.719. The van der Waals surface area contributed by atoms with E-state index in [4.69, 9.17) is 9.47 Å². The zero-order chi connectivity index (χ0) is 19.9. The van der Waals surface area contributed by atoms with Crippen LogP contribution in [0.2, 0.25) is 0 Å². The van der Waals surface area contributed by atoms with Crippen LogP contribution in [0.15, 0.2) is 53.4 Å². The molecule has 0 amide bonds. The summed E-state index contributed by atoms with van der Waals surface area (Å²) < 4.78 is 11.3. The quantitative estimate of drug-likeness (QED) is 0.677. The fourth-order valence-electron chi connectivity index (χ4n) is 3.38. The van der Waals surface area contributed by atoms with E-state index in [9.17, 15) is 9.90 Å². The second kappa shape index (κ2) is 9.85. The van der Waals surface area contributed by atoms with E-state index in [2.05, 4.69) is 29.2 Å². The van der Waals surface area contributed by atoms with Crippen molar-refractivity contribution in [3.63, 3.8) is 0 Å². The number of thioether (sulfide) groups is 1. The van der Waals surface area contributed by atoms with Gasteiger partial charge in [0.15, 0.2) is 6.10 Å². The van der Waals surface area contributed by atoms with Crippen molar-refractivity contribution in [1.82, 2.24) is 0 Å². The van der Waals surface area contributed by atoms with Gasteiger partial charge in [-0.05, 0) is 36.8 Å². The van der Waals surface area contributed by atoms with Crippen molar-refractivity contribution in [2.45, 2.75) is 30.8 Å². The van der Waals surface area contributed by atoms with Crippen molar-refractivity contribution in [1.29, 1.82) is 0 Å². The van der Waals surface area contributed by atoms with E-state index in [0.717, 1.165) is 30.2 Å². The molecule has 0 fully saturated rings. The van der Waals surface area contributed by atoms with Crippen molar-refractivity contribution in [2.24, 2.45) is 0 Å². The Morgan fingerprint density at radius 2 is 1.96 bits per heavy atom. The molecule has 0 aliphatic carbocycles. The molecule has 1 heterocycles. The van der Waals surface area contributed by atoms with Crippen LogP contribution in [0.3, 0.4) is 0 Å². The van der Waals surface area contributed by atoms with Gasteiger partial charge in [0.05, 0.1) is 12.2 Å². The predicted octanol–water partition coefficient (Wildman–Crippen LogP) is 4.27. The topological polar surface area (TPSA) is 59.0 Å². The number of para-hydroxylation sites is 1. The summed E-state index contributed by atoms with van der Waals surface area (Å²) in [6, 6.07) is 16.1. The third-order valence-electron chi connectivity index (χ3n) is 4.90. The number of hydrogen-bond donors (Lipinski definition) is 1. The van der Waals surface area contributed by atoms with Crippen molar-refractivity contribution < 1.29 is 19.4 Å². The van der Waals surface area contributed by atoms with Gasteiger partial charge in [-0.25, -0.2) is 4.79 Å². The van der Waals surface area contributed by atoms with E-state index in [1.807, 2.05) is 43.0 Å². The Hall–Kier alpha value is -2.18. The van der Waals surface area contributed by atoms with Gasteiger partial charge < -0.3 is 19.5 Å². The molecule has 3 rings (SSSR count). The Balaban J connectivity index is 1.55. The number of anilines is 1. The maximum Gasteiger partial charge on any atom is 0.333 e. The van der Waals surface area contributed by atoms with Gasteiger partial charge in [0.2, 0.25) is 0 Å². The average Bonchev–Trinajstić information content (AvgIpc) is 2.72. The van der Waals surface area contributed by atoms with Crippen LogP contribution in [0, 0.1) is 0 Å². The van der Waals surface area contributed by atoms with E-state index >= 15 is 0 Å². The van der Waals surface area contributed by atoms with E-state index in [1.54, 1.807) is 6.92 Å². The number of carbonyl (C=O) groups is 1. The first-order valence-electron chi connectivity index (χ1n) is 9.64. The van der Waals surface area contributed by atoms with Crippen molar-refractivity contribution in [3.8, 4) is 5.75 Å². The Labute approximate surface area is 170 Å². The average molecular weight is 402 g/mol. The number of aliphatic carboxylic acids is 1. The molecule has 0 radical (unpaired) electrons. The molecule has 0 spiro atoms. The molecule has 0 saturated carbocycles. The van der Waals surface area contributed by atoms with Crippen LogP contribution in [0.4, 0.5) is 5.69 Å². The first-order valence-corrected chi connectivity index (χ1v) is 10.6. The monoisotopic (exact) mass is 401 g/mol. The zero-order valence-electron chi connectivity index (χ0n) is 16.3. The molecule has 1 aliphatic heterocycles. The molecular weight excluding hydrogens is 374 g/mol. The van der Waals surface area contributed by atoms with Gasteiger partial charge in [0, 0.05) is 29.7 Å². The van der Waals surface area contributed by atoms with Crippen molar-refractivity contribution in [3.05, 3.63) is 54.1 Å². The maximum atomic E-state index is 11.4. The first-order chi connectivity index (χ1) is 13.6. The normalized spacial score (nSPS) is 15.6.